The molecule has 0 aliphatic heterocycles. The number of carbonyl (C=O) groups excluding carboxylic acids is 2. The van der Waals surface area contributed by atoms with Crippen molar-refractivity contribution in [3.05, 3.63) is 76.6 Å². The average Bonchev–Trinajstić information content (AvgIpc) is 3.68. The van der Waals surface area contributed by atoms with Gasteiger partial charge in [0.2, 0.25) is 0 Å². The minimum Gasteiger partial charge on any atom is -1.00 e. The number of anilines is 2. The van der Waals surface area contributed by atoms with E-state index in [1.807, 2.05) is 30.3 Å². The predicted molar refractivity (Wildman–Crippen MR) is 154 cm³/mol. The van der Waals surface area contributed by atoms with Crippen molar-refractivity contribution >= 4 is 33.7 Å². The molecule has 5 rings (SSSR count). The molecular formula is C28H36N6Na2O5S. The Hall–Kier alpha value is -2.06. The first kappa shape index (κ1) is 34.4. The third-order valence-corrected chi connectivity index (χ3v) is 8.77. The van der Waals surface area contributed by atoms with Gasteiger partial charge in [-0.2, -0.15) is 13.5 Å². The number of carbonyl (C=O) groups is 2. The van der Waals surface area contributed by atoms with Crippen LogP contribution in [0.3, 0.4) is 0 Å². The number of nitrogens with one attached hydrogen (secondary N) is 2. The molecule has 216 valence electrons. The topological polar surface area (TPSA) is 126 Å². The van der Waals surface area contributed by atoms with E-state index in [0.717, 1.165) is 65.2 Å². The zero-order valence-electron chi connectivity index (χ0n) is 26.7. The molecule has 0 bridgehead atoms. The summed E-state index contributed by atoms with van der Waals surface area (Å²) >= 11 is 0. The van der Waals surface area contributed by atoms with Gasteiger partial charge in [-0.3, -0.25) is 4.68 Å². The van der Waals surface area contributed by atoms with Crippen LogP contribution in [0.15, 0.2) is 48.8 Å². The van der Waals surface area contributed by atoms with Gasteiger partial charge in [0, 0.05) is 32.5 Å². The van der Waals surface area contributed by atoms with Crippen LogP contribution in [0.2, 0.25) is 0 Å². The van der Waals surface area contributed by atoms with Gasteiger partial charge in [0.1, 0.15) is 6.61 Å². The summed E-state index contributed by atoms with van der Waals surface area (Å²) in [7, 11) is -1.16. The molecule has 0 unspecified atom stereocenters. The molecule has 0 radical (unpaired) electrons. The maximum Gasteiger partial charge on any atom is 1.00 e. The Morgan fingerprint density at radius 1 is 1.02 bits per heavy atom. The van der Waals surface area contributed by atoms with Gasteiger partial charge in [-0.15, -0.1) is 0 Å². The predicted octanol–water partition coefficient (Wildman–Crippen LogP) is -2.23. The number of hydrogen-bond donors (Lipinski definition) is 2. The van der Waals surface area contributed by atoms with E-state index >= 15 is 0 Å². The number of urea groups is 1. The molecule has 2 aliphatic carbocycles. The van der Waals surface area contributed by atoms with Gasteiger partial charge in [-0.25, -0.2) is 18.6 Å². The summed E-state index contributed by atoms with van der Waals surface area (Å²) in [6.07, 6.45) is 8.01. The Kier molecular flexibility index (Phi) is 12.4. The van der Waals surface area contributed by atoms with Gasteiger partial charge < -0.3 is 17.8 Å². The van der Waals surface area contributed by atoms with Crippen LogP contribution in [0.1, 0.15) is 43.5 Å². The molecule has 0 spiro atoms. The van der Waals surface area contributed by atoms with Crippen molar-refractivity contribution in [3.63, 3.8) is 0 Å². The van der Waals surface area contributed by atoms with Crippen LogP contribution >= 0.6 is 0 Å². The molecular weight excluding hydrogens is 578 g/mol. The molecule has 1 heterocycles. The van der Waals surface area contributed by atoms with Crippen LogP contribution in [0.25, 0.3) is 0 Å². The second-order valence-electron chi connectivity index (χ2n) is 10.2. The SMILES string of the molecule is CN(CCN(c1cnn(C)c1)S(=O)(=O)NC(=O)Nc1c2c(cc3c1CCC3)CCC2)C(=O)OCc1ccccc1.[H-].[H-].[Na+].[Na+]. The Morgan fingerprint density at radius 2 is 1.67 bits per heavy atom. The van der Waals surface area contributed by atoms with Gasteiger partial charge in [0.15, 0.2) is 0 Å². The monoisotopic (exact) mass is 614 g/mol. The average molecular weight is 615 g/mol. The normalized spacial score (nSPS) is 13.2. The molecule has 0 atom stereocenters. The number of fused-ring (bicyclic) bond motifs is 2. The van der Waals surface area contributed by atoms with Crippen molar-refractivity contribution in [1.29, 1.82) is 0 Å². The number of nitrogens with zero attached hydrogens (tertiary/aromatic N) is 4. The number of benzene rings is 2. The van der Waals surface area contributed by atoms with Gasteiger partial charge in [-0.05, 0) is 66.3 Å². The summed E-state index contributed by atoms with van der Waals surface area (Å²) in [6.45, 7) is -0.00459. The van der Waals surface area contributed by atoms with E-state index in [0.29, 0.717) is 0 Å². The molecule has 1 aromatic heterocycles. The summed E-state index contributed by atoms with van der Waals surface area (Å²) in [5, 5.41) is 6.94. The number of hydrogen-bond acceptors (Lipinski definition) is 6. The van der Waals surface area contributed by atoms with Crippen LogP contribution in [0.4, 0.5) is 21.0 Å². The smallest absolute Gasteiger partial charge is 1.00 e. The number of ether oxygens (including phenoxy) is 1. The minimum absolute atomic E-state index is 0. The van der Waals surface area contributed by atoms with Gasteiger partial charge in [0.05, 0.1) is 18.4 Å². The van der Waals surface area contributed by atoms with E-state index in [1.54, 1.807) is 7.05 Å². The quantitative estimate of drug-likeness (QED) is 0.263. The van der Waals surface area contributed by atoms with Crippen molar-refractivity contribution < 1.29 is 84.7 Å². The molecule has 3 aromatic rings. The van der Waals surface area contributed by atoms with Crippen LogP contribution in [0.5, 0.6) is 0 Å². The molecule has 2 N–H and O–H groups in total. The minimum atomic E-state index is -4.35. The molecule has 2 aromatic carbocycles. The third kappa shape index (κ3) is 8.10. The van der Waals surface area contributed by atoms with E-state index < -0.39 is 22.3 Å². The largest absolute Gasteiger partial charge is 1.00 e. The number of aromatic nitrogens is 2. The third-order valence-electron chi connectivity index (χ3n) is 7.36. The van der Waals surface area contributed by atoms with E-state index in [2.05, 4.69) is 21.2 Å². The number of aryl methyl sites for hydroxylation is 3. The fraction of sp³-hybridized carbons (Fsp3) is 0.393. The molecule has 3 amide bonds. The Morgan fingerprint density at radius 3 is 2.26 bits per heavy atom. The second kappa shape index (κ2) is 15.1. The first-order valence-electron chi connectivity index (χ1n) is 13.4. The number of rotatable bonds is 9. The zero-order chi connectivity index (χ0) is 28.3. The Bertz CT molecular complexity index is 1500. The molecule has 0 saturated heterocycles. The summed E-state index contributed by atoms with van der Waals surface area (Å²) in [5.74, 6) is 0. The fourth-order valence-corrected chi connectivity index (χ4v) is 6.45. The van der Waals surface area contributed by atoms with E-state index in [1.165, 1.54) is 40.1 Å². The second-order valence-corrected chi connectivity index (χ2v) is 11.8. The van der Waals surface area contributed by atoms with Crippen molar-refractivity contribution in [2.24, 2.45) is 7.05 Å². The zero-order valence-corrected chi connectivity index (χ0v) is 29.5. The van der Waals surface area contributed by atoms with Crippen molar-refractivity contribution in [3.8, 4) is 0 Å². The summed E-state index contributed by atoms with van der Waals surface area (Å²) in [6, 6.07) is 10.7. The van der Waals surface area contributed by atoms with Crippen LogP contribution in [-0.4, -0.2) is 55.4 Å². The standard InChI is InChI=1S/C28H34N6O5S.2Na.2H/c1-32(28(36)39-19-20-8-4-3-5-9-20)14-15-34(23-17-29-33(2)18-23)40(37,38)31-27(35)30-26-24-12-6-10-21(24)16-22-11-7-13-25(22)26;;;;/h3-5,8-9,16-18H,6-7,10-15,19H2,1-2H3,(H2,30,31,35);;;;/q;2*+1;2*-1. The molecule has 2 aliphatic rings. The first-order chi connectivity index (χ1) is 19.2. The van der Waals surface area contributed by atoms with E-state index in [-0.39, 0.29) is 87.4 Å². The van der Waals surface area contributed by atoms with Crippen molar-refractivity contribution in [1.82, 2.24) is 19.4 Å². The first-order valence-corrected chi connectivity index (χ1v) is 14.8. The molecule has 0 saturated carbocycles. The van der Waals surface area contributed by atoms with Crippen molar-refractivity contribution in [2.45, 2.75) is 45.1 Å². The van der Waals surface area contributed by atoms with E-state index in [9.17, 15) is 18.0 Å². The van der Waals surface area contributed by atoms with Crippen molar-refractivity contribution in [2.75, 3.05) is 29.8 Å². The molecule has 11 nitrogen and oxygen atoms in total. The molecule has 0 fully saturated rings. The summed E-state index contributed by atoms with van der Waals surface area (Å²) < 4.78 is 37.0. The number of likely N-dealkylation sites (N-methyl/N-ethyl adjacent to an activating group) is 1. The Labute approximate surface area is 294 Å². The Balaban J connectivity index is 0.00000242. The van der Waals surface area contributed by atoms with Gasteiger partial charge in [-0.1, -0.05) is 36.4 Å². The van der Waals surface area contributed by atoms with Gasteiger partial charge in [0.25, 0.3) is 0 Å². The van der Waals surface area contributed by atoms with E-state index in [4.69, 9.17) is 4.74 Å². The maximum absolute atomic E-state index is 13.5. The maximum atomic E-state index is 13.5. The molecule has 42 heavy (non-hydrogen) atoms. The number of amides is 3. The van der Waals surface area contributed by atoms with Crippen LogP contribution in [-0.2, 0) is 54.3 Å². The fourth-order valence-electron chi connectivity index (χ4n) is 5.37. The van der Waals surface area contributed by atoms with Crippen LogP contribution < -0.4 is 73.5 Å². The van der Waals surface area contributed by atoms with Crippen LogP contribution in [0, 0.1) is 0 Å². The molecule has 14 heteroatoms. The summed E-state index contributed by atoms with van der Waals surface area (Å²) in [5.41, 5.74) is 6.53. The van der Waals surface area contributed by atoms with Gasteiger partial charge >= 0.3 is 81.4 Å². The summed E-state index contributed by atoms with van der Waals surface area (Å²) in [4.78, 5) is 26.9.